The minimum Gasteiger partial charge on any atom is -0.369 e. The third-order valence-electron chi connectivity index (χ3n) is 3.64. The molecule has 1 unspecified atom stereocenters. The SMILES string of the molecule is Cc1cccc(N2CCN(C(C)C(N)=O)CC2)c1. The van der Waals surface area contributed by atoms with Crippen LogP contribution >= 0.6 is 0 Å². The number of rotatable bonds is 3. The summed E-state index contributed by atoms with van der Waals surface area (Å²) in [5, 5.41) is 0. The summed E-state index contributed by atoms with van der Waals surface area (Å²) in [5.74, 6) is -0.237. The molecule has 1 amide bonds. The van der Waals surface area contributed by atoms with E-state index in [9.17, 15) is 4.79 Å². The molecule has 0 aliphatic carbocycles. The van der Waals surface area contributed by atoms with Gasteiger partial charge in [-0.2, -0.15) is 0 Å². The van der Waals surface area contributed by atoms with Crippen LogP contribution in [-0.4, -0.2) is 43.0 Å². The maximum atomic E-state index is 11.2. The summed E-state index contributed by atoms with van der Waals surface area (Å²) in [6.45, 7) is 7.65. The number of anilines is 1. The van der Waals surface area contributed by atoms with Gasteiger partial charge in [0.25, 0.3) is 0 Å². The molecule has 4 heteroatoms. The first kappa shape index (κ1) is 12.9. The van der Waals surface area contributed by atoms with E-state index in [1.54, 1.807) is 0 Å². The molecule has 2 rings (SSSR count). The van der Waals surface area contributed by atoms with Gasteiger partial charge in [0.15, 0.2) is 0 Å². The van der Waals surface area contributed by atoms with Crippen molar-refractivity contribution in [2.45, 2.75) is 19.9 Å². The quantitative estimate of drug-likeness (QED) is 0.866. The number of carbonyl (C=O) groups is 1. The van der Waals surface area contributed by atoms with Gasteiger partial charge in [-0.1, -0.05) is 12.1 Å². The van der Waals surface area contributed by atoms with E-state index in [1.165, 1.54) is 11.3 Å². The van der Waals surface area contributed by atoms with Gasteiger partial charge in [-0.05, 0) is 31.5 Å². The van der Waals surface area contributed by atoms with Crippen molar-refractivity contribution >= 4 is 11.6 Å². The zero-order chi connectivity index (χ0) is 13.1. The molecule has 1 atom stereocenters. The zero-order valence-corrected chi connectivity index (χ0v) is 11.1. The number of primary amides is 1. The fourth-order valence-corrected chi connectivity index (χ4v) is 2.37. The summed E-state index contributed by atoms with van der Waals surface area (Å²) < 4.78 is 0. The Labute approximate surface area is 108 Å². The van der Waals surface area contributed by atoms with E-state index in [1.807, 2.05) is 6.92 Å². The summed E-state index contributed by atoms with van der Waals surface area (Å²) in [6.07, 6.45) is 0. The first-order chi connectivity index (χ1) is 8.58. The monoisotopic (exact) mass is 247 g/mol. The molecular formula is C14H21N3O. The molecule has 0 aromatic heterocycles. The Hall–Kier alpha value is -1.55. The number of benzene rings is 1. The van der Waals surface area contributed by atoms with Gasteiger partial charge >= 0.3 is 0 Å². The lowest BCUT2D eigenvalue weighted by Gasteiger charge is -2.38. The van der Waals surface area contributed by atoms with Crippen LogP contribution in [0.15, 0.2) is 24.3 Å². The molecule has 0 spiro atoms. The smallest absolute Gasteiger partial charge is 0.234 e. The molecule has 1 aliphatic rings. The molecular weight excluding hydrogens is 226 g/mol. The molecule has 18 heavy (non-hydrogen) atoms. The second-order valence-electron chi connectivity index (χ2n) is 4.94. The summed E-state index contributed by atoms with van der Waals surface area (Å²) in [5.41, 5.74) is 7.88. The minimum atomic E-state index is -0.237. The molecule has 0 saturated carbocycles. The second-order valence-corrected chi connectivity index (χ2v) is 4.94. The third-order valence-corrected chi connectivity index (χ3v) is 3.64. The van der Waals surface area contributed by atoms with E-state index >= 15 is 0 Å². The van der Waals surface area contributed by atoms with Crippen LogP contribution in [0.4, 0.5) is 5.69 Å². The Bertz CT molecular complexity index is 425. The number of aryl methyl sites for hydroxylation is 1. The lowest BCUT2D eigenvalue weighted by Crippen LogP contribution is -2.53. The largest absolute Gasteiger partial charge is 0.369 e. The Kier molecular flexibility index (Phi) is 3.87. The number of nitrogens with two attached hydrogens (primary N) is 1. The Morgan fingerprint density at radius 3 is 2.50 bits per heavy atom. The molecule has 1 aliphatic heterocycles. The zero-order valence-electron chi connectivity index (χ0n) is 11.1. The second kappa shape index (κ2) is 5.40. The number of amides is 1. The molecule has 1 heterocycles. The summed E-state index contributed by atoms with van der Waals surface area (Å²) in [7, 11) is 0. The molecule has 98 valence electrons. The van der Waals surface area contributed by atoms with Gasteiger partial charge in [0.2, 0.25) is 5.91 Å². The Balaban J connectivity index is 1.96. The van der Waals surface area contributed by atoms with Crippen molar-refractivity contribution in [3.8, 4) is 0 Å². The average molecular weight is 247 g/mol. The maximum absolute atomic E-state index is 11.2. The van der Waals surface area contributed by atoms with Gasteiger partial charge in [0.1, 0.15) is 0 Å². The molecule has 1 aromatic carbocycles. The lowest BCUT2D eigenvalue weighted by atomic mass is 10.1. The topological polar surface area (TPSA) is 49.6 Å². The summed E-state index contributed by atoms with van der Waals surface area (Å²) in [4.78, 5) is 15.7. The van der Waals surface area contributed by atoms with Gasteiger partial charge < -0.3 is 10.6 Å². The van der Waals surface area contributed by atoms with E-state index in [-0.39, 0.29) is 11.9 Å². The Morgan fingerprint density at radius 1 is 1.28 bits per heavy atom. The predicted octanol–water partition coefficient (Wildman–Crippen LogP) is 0.991. The van der Waals surface area contributed by atoms with Gasteiger partial charge in [-0.15, -0.1) is 0 Å². The van der Waals surface area contributed by atoms with Crippen molar-refractivity contribution in [1.29, 1.82) is 0 Å². The van der Waals surface area contributed by atoms with Crippen molar-refractivity contribution < 1.29 is 4.79 Å². The number of hydrogen-bond donors (Lipinski definition) is 1. The normalized spacial score (nSPS) is 18.7. The highest BCUT2D eigenvalue weighted by Gasteiger charge is 2.23. The lowest BCUT2D eigenvalue weighted by molar-refractivity contribution is -0.122. The van der Waals surface area contributed by atoms with E-state index < -0.39 is 0 Å². The number of carbonyl (C=O) groups excluding carboxylic acids is 1. The van der Waals surface area contributed by atoms with E-state index in [2.05, 4.69) is 41.0 Å². The standard InChI is InChI=1S/C14H21N3O/c1-11-4-3-5-13(10-11)17-8-6-16(7-9-17)12(2)14(15)18/h3-5,10,12H,6-9H2,1-2H3,(H2,15,18). The van der Waals surface area contributed by atoms with Crippen LogP contribution < -0.4 is 10.6 Å². The van der Waals surface area contributed by atoms with E-state index in [0.29, 0.717) is 0 Å². The van der Waals surface area contributed by atoms with Crippen LogP contribution in [0.2, 0.25) is 0 Å². The van der Waals surface area contributed by atoms with Crippen LogP contribution in [0.3, 0.4) is 0 Å². The predicted molar refractivity (Wildman–Crippen MR) is 73.6 cm³/mol. The van der Waals surface area contributed by atoms with Crippen LogP contribution in [0.1, 0.15) is 12.5 Å². The first-order valence-corrected chi connectivity index (χ1v) is 6.43. The van der Waals surface area contributed by atoms with Crippen molar-refractivity contribution in [2.75, 3.05) is 31.1 Å². The molecule has 2 N–H and O–H groups in total. The van der Waals surface area contributed by atoms with Crippen molar-refractivity contribution in [3.05, 3.63) is 29.8 Å². The van der Waals surface area contributed by atoms with Gasteiger partial charge in [-0.3, -0.25) is 9.69 Å². The summed E-state index contributed by atoms with van der Waals surface area (Å²) >= 11 is 0. The highest BCUT2D eigenvalue weighted by Crippen LogP contribution is 2.18. The van der Waals surface area contributed by atoms with Crippen LogP contribution in [0, 0.1) is 6.92 Å². The number of nitrogens with zero attached hydrogens (tertiary/aromatic N) is 2. The molecule has 0 bridgehead atoms. The minimum absolute atomic E-state index is 0.162. The average Bonchev–Trinajstić information content (AvgIpc) is 2.38. The molecule has 1 aromatic rings. The molecule has 4 nitrogen and oxygen atoms in total. The van der Waals surface area contributed by atoms with Crippen LogP contribution in [0.5, 0.6) is 0 Å². The van der Waals surface area contributed by atoms with E-state index in [0.717, 1.165) is 26.2 Å². The van der Waals surface area contributed by atoms with Crippen LogP contribution in [-0.2, 0) is 4.79 Å². The number of hydrogen-bond acceptors (Lipinski definition) is 3. The fraction of sp³-hybridized carbons (Fsp3) is 0.500. The Morgan fingerprint density at radius 2 is 1.94 bits per heavy atom. The van der Waals surface area contributed by atoms with Gasteiger partial charge in [0, 0.05) is 31.9 Å². The number of piperazine rings is 1. The van der Waals surface area contributed by atoms with Crippen molar-refractivity contribution in [3.63, 3.8) is 0 Å². The molecule has 0 radical (unpaired) electrons. The van der Waals surface area contributed by atoms with E-state index in [4.69, 9.17) is 5.73 Å². The highest BCUT2D eigenvalue weighted by atomic mass is 16.1. The van der Waals surface area contributed by atoms with Gasteiger partial charge in [-0.25, -0.2) is 0 Å². The van der Waals surface area contributed by atoms with Crippen molar-refractivity contribution in [2.24, 2.45) is 5.73 Å². The molecule has 1 saturated heterocycles. The van der Waals surface area contributed by atoms with Crippen LogP contribution in [0.25, 0.3) is 0 Å². The maximum Gasteiger partial charge on any atom is 0.234 e. The van der Waals surface area contributed by atoms with Gasteiger partial charge in [0.05, 0.1) is 6.04 Å². The fourth-order valence-electron chi connectivity index (χ4n) is 2.37. The highest BCUT2D eigenvalue weighted by molar-refractivity contribution is 5.79. The van der Waals surface area contributed by atoms with Crippen molar-refractivity contribution in [1.82, 2.24) is 4.90 Å². The molecule has 1 fully saturated rings. The first-order valence-electron chi connectivity index (χ1n) is 6.43. The third kappa shape index (κ3) is 2.82. The summed E-state index contributed by atoms with van der Waals surface area (Å²) in [6, 6.07) is 8.37.